The first kappa shape index (κ1) is 28.7. The topological polar surface area (TPSA) is 8.17 Å². The molecule has 51 heavy (non-hydrogen) atoms. The molecule has 2 heteroatoms. The van der Waals surface area contributed by atoms with Crippen molar-refractivity contribution in [3.8, 4) is 27.9 Å². The van der Waals surface area contributed by atoms with Crippen molar-refractivity contribution >= 4 is 60.4 Å². The maximum Gasteiger partial charge on any atom is 0.0541 e. The van der Waals surface area contributed by atoms with Crippen LogP contribution in [0.3, 0.4) is 0 Å². The second-order valence-electron chi connectivity index (χ2n) is 14.5. The third-order valence-electron chi connectivity index (χ3n) is 11.6. The van der Waals surface area contributed by atoms with Gasteiger partial charge in [-0.05, 0) is 153 Å². The van der Waals surface area contributed by atoms with Gasteiger partial charge in [0.25, 0.3) is 0 Å². The van der Waals surface area contributed by atoms with E-state index in [1.807, 2.05) is 0 Å². The minimum Gasteiger partial charge on any atom is -0.310 e. The maximum absolute atomic E-state index is 2.41. The quantitative estimate of drug-likeness (QED) is 0.180. The van der Waals surface area contributed by atoms with E-state index in [4.69, 9.17) is 0 Å². The van der Waals surface area contributed by atoms with Crippen molar-refractivity contribution in [1.82, 2.24) is 4.57 Å². The van der Waals surface area contributed by atoms with Gasteiger partial charge in [0.05, 0.1) is 11.0 Å². The Balaban J connectivity index is 0.994. The van der Waals surface area contributed by atoms with Crippen molar-refractivity contribution in [3.63, 3.8) is 0 Å². The van der Waals surface area contributed by atoms with Crippen molar-refractivity contribution in [1.29, 1.82) is 0 Å². The summed E-state index contributed by atoms with van der Waals surface area (Å²) < 4.78 is 2.41. The van der Waals surface area contributed by atoms with E-state index in [0.717, 1.165) is 0 Å². The Morgan fingerprint density at radius 2 is 0.922 bits per heavy atom. The summed E-state index contributed by atoms with van der Waals surface area (Å²) in [7, 11) is 0. The molecular formula is C49H36N2. The van der Waals surface area contributed by atoms with Crippen LogP contribution in [0.5, 0.6) is 0 Å². The average molecular weight is 653 g/mol. The number of anilines is 3. The van der Waals surface area contributed by atoms with Gasteiger partial charge in [-0.25, -0.2) is 0 Å². The van der Waals surface area contributed by atoms with Gasteiger partial charge in [0, 0.05) is 33.5 Å². The van der Waals surface area contributed by atoms with Crippen LogP contribution in [0.2, 0.25) is 0 Å². The fourth-order valence-electron chi connectivity index (χ4n) is 9.06. The first-order chi connectivity index (χ1) is 25.3. The molecule has 0 spiro atoms. The summed E-state index contributed by atoms with van der Waals surface area (Å²) in [6.07, 6.45) is 5.35. The molecule has 1 heterocycles. The minimum absolute atomic E-state index is 0.711. The Kier molecular flexibility index (Phi) is 6.30. The summed E-state index contributed by atoms with van der Waals surface area (Å²) >= 11 is 0. The number of fused-ring (bicyclic) bond motifs is 9. The number of hydrogen-bond donors (Lipinski definition) is 0. The molecule has 2 aliphatic rings. The largest absolute Gasteiger partial charge is 0.310 e. The van der Waals surface area contributed by atoms with E-state index >= 15 is 0 Å². The van der Waals surface area contributed by atoms with E-state index in [-0.39, 0.29) is 0 Å². The molecule has 1 saturated carbocycles. The molecule has 0 atom stereocenters. The summed E-state index contributed by atoms with van der Waals surface area (Å²) in [6, 6.07) is 61.1. The molecule has 0 bridgehead atoms. The molecule has 0 saturated heterocycles. The highest BCUT2D eigenvalue weighted by Crippen LogP contribution is 2.51. The molecule has 242 valence electrons. The lowest BCUT2D eigenvalue weighted by atomic mass is 9.78. The molecule has 8 aromatic carbocycles. The van der Waals surface area contributed by atoms with Gasteiger partial charge < -0.3 is 9.47 Å². The summed E-state index contributed by atoms with van der Waals surface area (Å²) in [5, 5.41) is 7.66. The lowest BCUT2D eigenvalue weighted by molar-refractivity contribution is 0.723. The monoisotopic (exact) mass is 652 g/mol. The van der Waals surface area contributed by atoms with Crippen LogP contribution in [-0.2, 0) is 0 Å². The van der Waals surface area contributed by atoms with E-state index in [2.05, 4.69) is 173 Å². The second-order valence-corrected chi connectivity index (χ2v) is 14.5. The van der Waals surface area contributed by atoms with Gasteiger partial charge in [0.2, 0.25) is 0 Å². The maximum atomic E-state index is 2.41. The van der Waals surface area contributed by atoms with Crippen molar-refractivity contribution < 1.29 is 0 Å². The van der Waals surface area contributed by atoms with Gasteiger partial charge in [0.1, 0.15) is 0 Å². The van der Waals surface area contributed by atoms with Gasteiger partial charge in [0.15, 0.2) is 0 Å². The third kappa shape index (κ3) is 4.49. The number of benzene rings is 8. The van der Waals surface area contributed by atoms with Crippen LogP contribution in [-0.4, -0.2) is 4.57 Å². The summed E-state index contributed by atoms with van der Waals surface area (Å²) in [5.41, 5.74) is 14.1. The Morgan fingerprint density at radius 3 is 1.57 bits per heavy atom. The fraction of sp³-hybridized carbons (Fsp3) is 0.102. The lowest BCUT2D eigenvalue weighted by Crippen LogP contribution is -2.10. The van der Waals surface area contributed by atoms with Crippen LogP contribution in [0.1, 0.15) is 37.2 Å². The third-order valence-corrected chi connectivity index (χ3v) is 11.6. The van der Waals surface area contributed by atoms with Gasteiger partial charge in [-0.15, -0.1) is 0 Å². The predicted molar refractivity (Wildman–Crippen MR) is 216 cm³/mol. The number of aromatic nitrogens is 1. The Hall–Kier alpha value is -6.12. The molecule has 9 aromatic rings. The van der Waals surface area contributed by atoms with Crippen LogP contribution < -0.4 is 4.90 Å². The van der Waals surface area contributed by atoms with Crippen molar-refractivity contribution in [2.24, 2.45) is 0 Å². The number of rotatable bonds is 5. The predicted octanol–water partition coefficient (Wildman–Crippen LogP) is 13.9. The average Bonchev–Trinajstić information content (AvgIpc) is 3.85. The SMILES string of the molecule is c1ccc(N(c2ccc(C3CCCC3)cc2)c2ccc3cc4c(cc3c2)-c2cc3cc(-n5c6ccccc6c6ccccc65)ccc3cc2-4)cc1. The molecular weight excluding hydrogens is 617 g/mol. The highest BCUT2D eigenvalue weighted by atomic mass is 15.1. The van der Waals surface area contributed by atoms with Gasteiger partial charge in [-0.2, -0.15) is 0 Å². The highest BCUT2D eigenvalue weighted by molar-refractivity contribution is 6.13. The summed E-state index contributed by atoms with van der Waals surface area (Å²) in [4.78, 5) is 2.40. The fourth-order valence-corrected chi connectivity index (χ4v) is 9.06. The molecule has 0 aliphatic heterocycles. The van der Waals surface area contributed by atoms with Crippen LogP contribution >= 0.6 is 0 Å². The molecule has 0 amide bonds. The molecule has 1 fully saturated rings. The molecule has 1 aromatic heterocycles. The highest BCUT2D eigenvalue weighted by Gasteiger charge is 2.25. The van der Waals surface area contributed by atoms with Gasteiger partial charge >= 0.3 is 0 Å². The lowest BCUT2D eigenvalue weighted by Gasteiger charge is -2.28. The smallest absolute Gasteiger partial charge is 0.0541 e. The molecule has 0 radical (unpaired) electrons. The molecule has 2 aliphatic carbocycles. The molecule has 11 rings (SSSR count). The first-order valence-corrected chi connectivity index (χ1v) is 18.4. The number of nitrogens with zero attached hydrogens (tertiary/aromatic N) is 2. The van der Waals surface area contributed by atoms with E-state index in [1.165, 1.54) is 120 Å². The number of para-hydroxylation sites is 3. The normalized spacial score (nSPS) is 13.9. The van der Waals surface area contributed by atoms with E-state index in [1.54, 1.807) is 0 Å². The Bertz CT molecular complexity index is 2750. The van der Waals surface area contributed by atoms with E-state index < -0.39 is 0 Å². The zero-order valence-electron chi connectivity index (χ0n) is 28.4. The molecule has 2 nitrogen and oxygen atoms in total. The summed E-state index contributed by atoms with van der Waals surface area (Å²) in [6.45, 7) is 0. The van der Waals surface area contributed by atoms with Crippen LogP contribution in [0.15, 0.2) is 164 Å². The summed E-state index contributed by atoms with van der Waals surface area (Å²) in [5.74, 6) is 0.711. The van der Waals surface area contributed by atoms with Gasteiger partial charge in [-0.3, -0.25) is 0 Å². The van der Waals surface area contributed by atoms with Crippen molar-refractivity contribution in [3.05, 3.63) is 169 Å². The van der Waals surface area contributed by atoms with E-state index in [9.17, 15) is 0 Å². The van der Waals surface area contributed by atoms with Crippen LogP contribution in [0.25, 0.3) is 71.3 Å². The molecule has 0 unspecified atom stereocenters. The zero-order chi connectivity index (χ0) is 33.5. The van der Waals surface area contributed by atoms with Crippen molar-refractivity contribution in [2.45, 2.75) is 31.6 Å². The minimum atomic E-state index is 0.711. The van der Waals surface area contributed by atoms with Crippen LogP contribution in [0, 0.1) is 0 Å². The second kappa shape index (κ2) is 11.2. The first-order valence-electron chi connectivity index (χ1n) is 18.4. The van der Waals surface area contributed by atoms with Crippen LogP contribution in [0.4, 0.5) is 17.1 Å². The number of hydrogen-bond acceptors (Lipinski definition) is 1. The standard InChI is InChI=1S/C49H36N2/c1-2-12-38(13-3-1)50(39-22-18-33(19-23-39)32-10-4-5-11-32)40-24-20-34-28-44-45-29-35-21-25-41(27-37(35)31-47(45)46(44)30-36(34)26-40)51-48-16-8-6-14-42(48)43-15-7-9-17-49(43)51/h1-3,6-9,12-32H,4-5,10-11H2. The Labute approximate surface area is 297 Å². The zero-order valence-corrected chi connectivity index (χ0v) is 28.4. The van der Waals surface area contributed by atoms with Crippen molar-refractivity contribution in [2.75, 3.05) is 4.90 Å². The van der Waals surface area contributed by atoms with Gasteiger partial charge in [-0.1, -0.05) is 91.7 Å². The van der Waals surface area contributed by atoms with E-state index in [0.29, 0.717) is 5.92 Å². The molecule has 0 N–H and O–H groups in total. The Morgan fingerprint density at radius 1 is 0.412 bits per heavy atom.